The second-order valence-electron chi connectivity index (χ2n) is 4.73. The lowest BCUT2D eigenvalue weighted by Gasteiger charge is -2.14. The van der Waals surface area contributed by atoms with Crippen molar-refractivity contribution in [3.05, 3.63) is 29.8 Å². The van der Waals surface area contributed by atoms with Crippen LogP contribution in [0.15, 0.2) is 24.3 Å². The van der Waals surface area contributed by atoms with Gasteiger partial charge in [0.25, 0.3) is 0 Å². The Morgan fingerprint density at radius 3 is 2.76 bits per heavy atom. The van der Waals surface area contributed by atoms with E-state index in [0.29, 0.717) is 18.8 Å². The van der Waals surface area contributed by atoms with Crippen molar-refractivity contribution in [3.63, 3.8) is 0 Å². The van der Waals surface area contributed by atoms with E-state index in [1.165, 1.54) is 9.70 Å². The maximum atomic E-state index is 11.9. The Morgan fingerprint density at radius 1 is 1.38 bits per heavy atom. The summed E-state index contributed by atoms with van der Waals surface area (Å²) in [5.41, 5.74) is 2.01. The van der Waals surface area contributed by atoms with Crippen LogP contribution in [0.2, 0.25) is 0 Å². The summed E-state index contributed by atoms with van der Waals surface area (Å²) >= 11 is 0. The van der Waals surface area contributed by atoms with Crippen LogP contribution in [0.1, 0.15) is 12.0 Å². The van der Waals surface area contributed by atoms with Crippen LogP contribution in [0.4, 0.5) is 0 Å². The lowest BCUT2D eigenvalue weighted by atomic mass is 10.1. The Balaban J connectivity index is 2.02. The van der Waals surface area contributed by atoms with Crippen LogP contribution in [0.5, 0.6) is 0 Å². The Morgan fingerprint density at radius 2 is 2.10 bits per heavy atom. The largest absolute Gasteiger partial charge is 0.343 e. The molecule has 1 aromatic heterocycles. The van der Waals surface area contributed by atoms with Crippen LogP contribution in [0.25, 0.3) is 11.4 Å². The van der Waals surface area contributed by atoms with Crippen molar-refractivity contribution in [3.8, 4) is 17.5 Å². The van der Waals surface area contributed by atoms with Crippen molar-refractivity contribution in [2.45, 2.75) is 19.9 Å². The fourth-order valence-corrected chi connectivity index (χ4v) is 1.71. The summed E-state index contributed by atoms with van der Waals surface area (Å²) in [4.78, 5) is 14.6. The molecule has 1 amide bonds. The minimum Gasteiger partial charge on any atom is -0.343 e. The van der Waals surface area contributed by atoms with Gasteiger partial charge in [0.2, 0.25) is 11.7 Å². The van der Waals surface area contributed by atoms with Crippen molar-refractivity contribution < 1.29 is 4.79 Å². The van der Waals surface area contributed by atoms with Gasteiger partial charge in [0.1, 0.15) is 6.54 Å². The topological polar surface area (TPSA) is 87.7 Å². The van der Waals surface area contributed by atoms with Crippen LogP contribution in [-0.2, 0) is 11.3 Å². The number of hydrogen-bond acceptors (Lipinski definition) is 5. The number of aryl methyl sites for hydroxylation is 1. The van der Waals surface area contributed by atoms with Crippen molar-refractivity contribution in [2.24, 2.45) is 0 Å². The van der Waals surface area contributed by atoms with E-state index in [9.17, 15) is 4.79 Å². The first-order valence-electron chi connectivity index (χ1n) is 6.56. The number of carbonyl (C=O) groups is 1. The highest BCUT2D eigenvalue weighted by molar-refractivity contribution is 5.75. The summed E-state index contributed by atoms with van der Waals surface area (Å²) in [6, 6.07) is 9.77. The van der Waals surface area contributed by atoms with Crippen LogP contribution in [-0.4, -0.2) is 44.6 Å². The van der Waals surface area contributed by atoms with E-state index < -0.39 is 0 Å². The molecule has 0 saturated heterocycles. The van der Waals surface area contributed by atoms with Gasteiger partial charge in [-0.3, -0.25) is 4.79 Å². The minimum absolute atomic E-state index is 0.0147. The number of aromatic nitrogens is 4. The molecule has 0 aliphatic rings. The Labute approximate surface area is 122 Å². The van der Waals surface area contributed by atoms with E-state index in [0.717, 1.165) is 11.1 Å². The molecule has 7 nitrogen and oxygen atoms in total. The molecule has 0 spiro atoms. The number of benzene rings is 1. The molecule has 0 fully saturated rings. The van der Waals surface area contributed by atoms with Gasteiger partial charge in [0.05, 0.1) is 12.5 Å². The molecule has 0 aliphatic carbocycles. The molecule has 1 heterocycles. The molecule has 108 valence electrons. The number of tetrazole rings is 1. The second-order valence-corrected chi connectivity index (χ2v) is 4.73. The van der Waals surface area contributed by atoms with Gasteiger partial charge >= 0.3 is 0 Å². The molecule has 2 rings (SSSR count). The minimum atomic E-state index is -0.155. The molecule has 0 radical (unpaired) electrons. The normalized spacial score (nSPS) is 10.1. The number of carbonyl (C=O) groups excluding carboxylic acids is 1. The van der Waals surface area contributed by atoms with Crippen LogP contribution < -0.4 is 0 Å². The average Bonchev–Trinajstić information content (AvgIpc) is 2.93. The highest BCUT2D eigenvalue weighted by Crippen LogP contribution is 2.13. The summed E-state index contributed by atoms with van der Waals surface area (Å²) in [5, 5.41) is 20.5. The van der Waals surface area contributed by atoms with Gasteiger partial charge in [-0.15, -0.1) is 10.2 Å². The third-order valence-electron chi connectivity index (χ3n) is 3.02. The van der Waals surface area contributed by atoms with Gasteiger partial charge in [-0.25, -0.2) is 0 Å². The lowest BCUT2D eigenvalue weighted by Crippen LogP contribution is -2.31. The van der Waals surface area contributed by atoms with Crippen molar-refractivity contribution in [2.75, 3.05) is 13.6 Å². The standard InChI is InChI=1S/C14H16N6O/c1-11-4-6-12(7-5-11)14-16-18-20(17-14)10-13(21)19(2)9-3-8-15/h4-7H,3,9-10H2,1-2H3. The van der Waals surface area contributed by atoms with Crippen LogP contribution >= 0.6 is 0 Å². The molecule has 7 heteroatoms. The zero-order valence-corrected chi connectivity index (χ0v) is 12.0. The molecule has 1 aromatic carbocycles. The molecule has 0 N–H and O–H groups in total. The molecule has 21 heavy (non-hydrogen) atoms. The summed E-state index contributed by atoms with van der Waals surface area (Å²) in [7, 11) is 1.65. The SMILES string of the molecule is Cc1ccc(-c2nnn(CC(=O)N(C)CCC#N)n2)cc1. The molecule has 0 bridgehead atoms. The Hall–Kier alpha value is -2.75. The number of rotatable bonds is 5. The first-order valence-corrected chi connectivity index (χ1v) is 6.56. The number of nitrogens with zero attached hydrogens (tertiary/aromatic N) is 6. The predicted octanol–water partition coefficient (Wildman–Crippen LogP) is 1.02. The monoisotopic (exact) mass is 284 g/mol. The first-order chi connectivity index (χ1) is 10.1. The summed E-state index contributed by atoms with van der Waals surface area (Å²) in [5.74, 6) is 0.334. The number of nitriles is 1. The molecular weight excluding hydrogens is 268 g/mol. The predicted molar refractivity (Wildman–Crippen MR) is 75.9 cm³/mol. The van der Waals surface area contributed by atoms with Crippen molar-refractivity contribution >= 4 is 5.91 Å². The van der Waals surface area contributed by atoms with E-state index in [1.54, 1.807) is 7.05 Å². The average molecular weight is 284 g/mol. The third-order valence-corrected chi connectivity index (χ3v) is 3.02. The number of likely N-dealkylation sites (N-methyl/N-ethyl adjacent to an activating group) is 1. The Bertz CT molecular complexity index is 655. The number of hydrogen-bond donors (Lipinski definition) is 0. The van der Waals surface area contributed by atoms with Crippen LogP contribution in [0.3, 0.4) is 0 Å². The van der Waals surface area contributed by atoms with Gasteiger partial charge in [-0.05, 0) is 12.1 Å². The van der Waals surface area contributed by atoms with Crippen LogP contribution in [0, 0.1) is 18.3 Å². The number of amides is 1. The Kier molecular flexibility index (Phi) is 4.61. The zero-order chi connectivity index (χ0) is 15.2. The fraction of sp³-hybridized carbons (Fsp3) is 0.357. The van der Waals surface area contributed by atoms with Gasteiger partial charge in [0, 0.05) is 19.2 Å². The highest BCUT2D eigenvalue weighted by atomic mass is 16.2. The molecule has 0 unspecified atom stereocenters. The maximum absolute atomic E-state index is 11.9. The molecule has 0 saturated carbocycles. The zero-order valence-electron chi connectivity index (χ0n) is 12.0. The van der Waals surface area contributed by atoms with Gasteiger partial charge < -0.3 is 4.90 Å². The summed E-state index contributed by atoms with van der Waals surface area (Å²) < 4.78 is 0. The fourth-order valence-electron chi connectivity index (χ4n) is 1.71. The van der Waals surface area contributed by atoms with E-state index in [4.69, 9.17) is 5.26 Å². The lowest BCUT2D eigenvalue weighted by molar-refractivity contribution is -0.130. The van der Waals surface area contributed by atoms with Crippen molar-refractivity contribution in [1.82, 2.24) is 25.1 Å². The quantitative estimate of drug-likeness (QED) is 0.818. The van der Waals surface area contributed by atoms with Gasteiger partial charge in [-0.1, -0.05) is 29.8 Å². The van der Waals surface area contributed by atoms with E-state index >= 15 is 0 Å². The molecular formula is C14H16N6O. The van der Waals surface area contributed by atoms with Crippen molar-refractivity contribution in [1.29, 1.82) is 5.26 Å². The first kappa shape index (κ1) is 14.7. The van der Waals surface area contributed by atoms with Gasteiger partial charge in [0.15, 0.2) is 0 Å². The molecule has 0 aliphatic heterocycles. The van der Waals surface area contributed by atoms with E-state index in [-0.39, 0.29) is 12.5 Å². The highest BCUT2D eigenvalue weighted by Gasteiger charge is 2.12. The van der Waals surface area contributed by atoms with E-state index in [1.807, 2.05) is 37.3 Å². The van der Waals surface area contributed by atoms with E-state index in [2.05, 4.69) is 15.4 Å². The smallest absolute Gasteiger partial charge is 0.246 e. The molecule has 0 atom stereocenters. The summed E-state index contributed by atoms with van der Waals surface area (Å²) in [6.07, 6.45) is 0.307. The maximum Gasteiger partial charge on any atom is 0.246 e. The summed E-state index contributed by atoms with van der Waals surface area (Å²) in [6.45, 7) is 2.42. The third kappa shape index (κ3) is 3.86. The molecule has 2 aromatic rings. The van der Waals surface area contributed by atoms with Gasteiger partial charge in [-0.2, -0.15) is 10.1 Å². The second kappa shape index (κ2) is 6.61.